The molecule has 0 bridgehead atoms. The highest BCUT2D eigenvalue weighted by Crippen LogP contribution is 2.37. The zero-order valence-electron chi connectivity index (χ0n) is 23.2. The van der Waals surface area contributed by atoms with E-state index in [2.05, 4.69) is 39.2 Å². The predicted molar refractivity (Wildman–Crippen MR) is 147 cm³/mol. The highest BCUT2D eigenvalue weighted by atomic mass is 28.4. The molecule has 9 heteroatoms. The Bertz CT molecular complexity index is 1100. The first-order chi connectivity index (χ1) is 17.0. The number of ether oxygens (including phenoxy) is 2. The fourth-order valence-electron chi connectivity index (χ4n) is 3.20. The van der Waals surface area contributed by atoms with Crippen molar-refractivity contribution < 1.29 is 33.7 Å². The minimum absolute atomic E-state index is 0.0332. The zero-order chi connectivity index (χ0) is 28.0. The molecule has 2 aromatic carbocycles. The molecule has 0 aliphatic rings. The lowest BCUT2D eigenvalue weighted by Crippen LogP contribution is -2.40. The molecule has 204 valence electrons. The molecular weight excluding hydrogens is 490 g/mol. The zero-order valence-corrected chi connectivity index (χ0v) is 24.2. The molecule has 0 saturated carbocycles. The van der Waals surface area contributed by atoms with Crippen LogP contribution in [0.3, 0.4) is 0 Å². The number of amides is 1. The van der Waals surface area contributed by atoms with Crippen LogP contribution in [0.25, 0.3) is 0 Å². The van der Waals surface area contributed by atoms with Gasteiger partial charge in [-0.15, -0.1) is 0 Å². The van der Waals surface area contributed by atoms with Crippen molar-refractivity contribution in [2.75, 3.05) is 11.9 Å². The number of nitrogens with one attached hydrogen (secondary N) is 1. The highest BCUT2D eigenvalue weighted by molar-refractivity contribution is 6.74. The molecular formula is C28H41NO7Si. The number of carboxylic acid groups (broad SMARTS) is 1. The lowest BCUT2D eigenvalue weighted by molar-refractivity contribution is 0.0634. The number of carbonyl (C=O) groups excluding carboxylic acids is 1. The van der Waals surface area contributed by atoms with Crippen molar-refractivity contribution in [2.24, 2.45) is 0 Å². The number of rotatable bonds is 10. The molecule has 0 saturated heterocycles. The number of carboxylic acids is 1. The van der Waals surface area contributed by atoms with Crippen LogP contribution < -0.4 is 10.1 Å². The number of aromatic carboxylic acids is 1. The van der Waals surface area contributed by atoms with Crippen molar-refractivity contribution in [2.45, 2.75) is 84.7 Å². The van der Waals surface area contributed by atoms with Gasteiger partial charge in [-0.1, -0.05) is 26.8 Å². The molecule has 3 N–H and O–H groups in total. The van der Waals surface area contributed by atoms with E-state index in [0.717, 1.165) is 5.56 Å². The van der Waals surface area contributed by atoms with Crippen LogP contribution in [-0.4, -0.2) is 42.8 Å². The van der Waals surface area contributed by atoms with Crippen molar-refractivity contribution in [3.8, 4) is 11.5 Å². The van der Waals surface area contributed by atoms with Crippen LogP contribution in [0.2, 0.25) is 18.1 Å². The first-order valence-corrected chi connectivity index (χ1v) is 15.3. The van der Waals surface area contributed by atoms with Crippen LogP contribution in [-0.2, 0) is 22.2 Å². The third-order valence-corrected chi connectivity index (χ3v) is 10.7. The number of benzene rings is 2. The maximum atomic E-state index is 12.1. The van der Waals surface area contributed by atoms with Gasteiger partial charge in [0.25, 0.3) is 0 Å². The number of carbonyl (C=O) groups is 2. The fraction of sp³-hybridized carbons (Fsp3) is 0.500. The number of hydrogen-bond acceptors (Lipinski definition) is 6. The molecule has 2 aromatic rings. The third-order valence-electron chi connectivity index (χ3n) is 6.26. The van der Waals surface area contributed by atoms with Gasteiger partial charge in [0, 0.05) is 5.69 Å². The second-order valence-electron chi connectivity index (χ2n) is 11.6. The van der Waals surface area contributed by atoms with E-state index in [1.54, 1.807) is 39.0 Å². The van der Waals surface area contributed by atoms with E-state index in [-0.39, 0.29) is 23.0 Å². The highest BCUT2D eigenvalue weighted by Gasteiger charge is 2.37. The molecule has 0 unspecified atom stereocenters. The molecule has 2 rings (SSSR count). The fourth-order valence-corrected chi connectivity index (χ4v) is 4.16. The van der Waals surface area contributed by atoms with Crippen molar-refractivity contribution in [1.82, 2.24) is 0 Å². The van der Waals surface area contributed by atoms with E-state index in [9.17, 15) is 19.8 Å². The van der Waals surface area contributed by atoms with Gasteiger partial charge >= 0.3 is 12.1 Å². The average molecular weight is 532 g/mol. The molecule has 0 fully saturated rings. The largest absolute Gasteiger partial charge is 0.504 e. The van der Waals surface area contributed by atoms with Gasteiger partial charge in [-0.05, 0) is 93.2 Å². The van der Waals surface area contributed by atoms with Gasteiger partial charge in [0.05, 0.1) is 18.8 Å². The Kier molecular flexibility index (Phi) is 9.79. The lowest BCUT2D eigenvalue weighted by Gasteiger charge is -2.36. The smallest absolute Gasteiger partial charge is 0.412 e. The van der Waals surface area contributed by atoms with Gasteiger partial charge in [-0.3, -0.25) is 5.32 Å². The maximum Gasteiger partial charge on any atom is 0.412 e. The molecule has 0 radical (unpaired) electrons. The quantitative estimate of drug-likeness (QED) is 0.224. The van der Waals surface area contributed by atoms with Crippen LogP contribution in [0, 0.1) is 0 Å². The van der Waals surface area contributed by atoms with Crippen molar-refractivity contribution >= 4 is 26.1 Å². The molecule has 1 amide bonds. The summed E-state index contributed by atoms with van der Waals surface area (Å²) in [6.07, 6.45) is 0.290. The lowest BCUT2D eigenvalue weighted by atomic mass is 10.0. The van der Waals surface area contributed by atoms with Crippen molar-refractivity contribution in [3.63, 3.8) is 0 Å². The Labute approximate surface area is 221 Å². The minimum Gasteiger partial charge on any atom is -0.504 e. The number of phenolic OH excluding ortho intramolecular Hbond substituents is 1. The predicted octanol–water partition coefficient (Wildman–Crippen LogP) is 6.97. The van der Waals surface area contributed by atoms with Crippen LogP contribution in [0.4, 0.5) is 10.5 Å². The molecule has 0 aliphatic carbocycles. The van der Waals surface area contributed by atoms with E-state index in [0.29, 0.717) is 36.4 Å². The topological polar surface area (TPSA) is 114 Å². The molecule has 0 atom stereocenters. The second-order valence-corrected chi connectivity index (χ2v) is 16.4. The normalized spacial score (nSPS) is 12.2. The molecule has 0 heterocycles. The molecule has 0 aromatic heterocycles. The first-order valence-electron chi connectivity index (χ1n) is 12.4. The summed E-state index contributed by atoms with van der Waals surface area (Å²) in [4.78, 5) is 23.8. The average Bonchev–Trinajstić information content (AvgIpc) is 2.74. The molecule has 0 spiro atoms. The van der Waals surface area contributed by atoms with Crippen LogP contribution in [0.1, 0.15) is 69.4 Å². The molecule has 0 aliphatic heterocycles. The molecule has 8 nitrogen and oxygen atoms in total. The number of aromatic hydroxyl groups is 1. The summed E-state index contributed by atoms with van der Waals surface area (Å²) < 4.78 is 17.3. The first kappa shape index (κ1) is 30.2. The monoisotopic (exact) mass is 531 g/mol. The summed E-state index contributed by atoms with van der Waals surface area (Å²) in [5.41, 5.74) is 1.42. The number of phenols is 1. The number of hydrogen-bond donors (Lipinski definition) is 3. The van der Waals surface area contributed by atoms with Crippen LogP contribution in [0.5, 0.6) is 11.5 Å². The summed E-state index contributed by atoms with van der Waals surface area (Å²) in [5, 5.41) is 22.5. The Hall–Kier alpha value is -3.04. The summed E-state index contributed by atoms with van der Waals surface area (Å²) in [5.74, 6) is -0.659. The van der Waals surface area contributed by atoms with Gasteiger partial charge in [0.1, 0.15) is 5.60 Å². The second kappa shape index (κ2) is 12.0. The van der Waals surface area contributed by atoms with Gasteiger partial charge in [0.15, 0.2) is 19.8 Å². The van der Waals surface area contributed by atoms with E-state index >= 15 is 0 Å². The summed E-state index contributed by atoms with van der Waals surface area (Å²) in [6, 6.07) is 9.80. The van der Waals surface area contributed by atoms with E-state index in [4.69, 9.17) is 13.9 Å². The maximum absolute atomic E-state index is 12.1. The minimum atomic E-state index is -1.91. The Morgan fingerprint density at radius 2 is 1.68 bits per heavy atom. The summed E-state index contributed by atoms with van der Waals surface area (Å²) >= 11 is 0. The van der Waals surface area contributed by atoms with Gasteiger partial charge < -0.3 is 24.1 Å². The number of anilines is 1. The summed E-state index contributed by atoms with van der Waals surface area (Å²) in [7, 11) is -1.91. The summed E-state index contributed by atoms with van der Waals surface area (Å²) in [6.45, 7) is 16.9. The van der Waals surface area contributed by atoms with Crippen LogP contribution >= 0.6 is 0 Å². The third kappa shape index (κ3) is 9.40. The van der Waals surface area contributed by atoms with E-state index in [1.165, 1.54) is 12.1 Å². The number of aryl methyl sites for hydroxylation is 1. The van der Waals surface area contributed by atoms with Gasteiger partial charge in [-0.2, -0.15) is 0 Å². The Morgan fingerprint density at radius 1 is 1.00 bits per heavy atom. The van der Waals surface area contributed by atoms with E-state index < -0.39 is 26.0 Å². The Morgan fingerprint density at radius 3 is 2.27 bits per heavy atom. The SMILES string of the molecule is CC(C)(C)OC(=O)Nc1ccc(C(=O)O)c(CCCOc2cc(CO[Si](C)(C)C(C)(C)C)ccc2O)c1. The van der Waals surface area contributed by atoms with Gasteiger partial charge in [0.2, 0.25) is 0 Å². The van der Waals surface area contributed by atoms with Gasteiger partial charge in [-0.25, -0.2) is 9.59 Å². The standard InChI is InChI=1S/C28H41NO7Si/c1-27(2,3)36-26(33)29-21-12-13-22(25(31)32)20(17-21)10-9-15-34-24-16-19(11-14-23(24)30)18-35-37(7,8)28(4,5)6/h11-14,16-17,30H,9-10,15,18H2,1-8H3,(H,29,33)(H,31,32). The van der Waals surface area contributed by atoms with Crippen molar-refractivity contribution in [1.29, 1.82) is 0 Å². The molecule has 37 heavy (non-hydrogen) atoms. The van der Waals surface area contributed by atoms with E-state index in [1.807, 2.05) is 6.07 Å². The van der Waals surface area contributed by atoms with Crippen LogP contribution in [0.15, 0.2) is 36.4 Å². The Balaban J connectivity index is 2.01. The van der Waals surface area contributed by atoms with Crippen molar-refractivity contribution in [3.05, 3.63) is 53.1 Å².